The van der Waals surface area contributed by atoms with Crippen LogP contribution in [0.5, 0.6) is 0 Å². The maximum absolute atomic E-state index is 11.5. The van der Waals surface area contributed by atoms with Crippen molar-refractivity contribution in [3.8, 4) is 0 Å². The molecular formula is C13H20N2O2. The predicted molar refractivity (Wildman–Crippen MR) is 68.2 cm³/mol. The smallest absolute Gasteiger partial charge is 0.341 e. The maximum atomic E-state index is 11.5. The first-order valence-electron chi connectivity index (χ1n) is 6.06. The number of rotatable bonds is 7. The fraction of sp³-hybridized carbons (Fsp3) is 0.538. The number of ether oxygens (including phenoxy) is 1. The Hall–Kier alpha value is -1.58. The van der Waals surface area contributed by atoms with Gasteiger partial charge in [-0.2, -0.15) is 0 Å². The topological polar surface area (TPSA) is 51.2 Å². The third-order valence-electron chi connectivity index (χ3n) is 2.54. The molecule has 0 bridgehead atoms. The zero-order valence-corrected chi connectivity index (χ0v) is 10.5. The summed E-state index contributed by atoms with van der Waals surface area (Å²) in [6.07, 6.45) is 6.42. The lowest BCUT2D eigenvalue weighted by molar-refractivity contribution is 0.0601. The number of pyridine rings is 1. The molecule has 0 aliphatic carbocycles. The molecule has 1 aromatic heterocycles. The average Bonchev–Trinajstić information content (AvgIpc) is 2.38. The lowest BCUT2D eigenvalue weighted by Crippen LogP contribution is -2.10. The van der Waals surface area contributed by atoms with Gasteiger partial charge in [-0.05, 0) is 18.6 Å². The second-order valence-corrected chi connectivity index (χ2v) is 3.88. The monoisotopic (exact) mass is 236 g/mol. The molecule has 1 heterocycles. The van der Waals surface area contributed by atoms with Gasteiger partial charge < -0.3 is 10.1 Å². The van der Waals surface area contributed by atoms with Crippen molar-refractivity contribution >= 4 is 11.8 Å². The van der Waals surface area contributed by atoms with E-state index in [-0.39, 0.29) is 5.97 Å². The molecule has 94 valence electrons. The van der Waals surface area contributed by atoms with E-state index in [4.69, 9.17) is 4.74 Å². The van der Waals surface area contributed by atoms with Gasteiger partial charge in [0.1, 0.15) is 11.4 Å². The highest BCUT2D eigenvalue weighted by Gasteiger charge is 2.11. The molecule has 0 atom stereocenters. The Morgan fingerprint density at radius 2 is 2.24 bits per heavy atom. The van der Waals surface area contributed by atoms with Crippen molar-refractivity contribution in [3.63, 3.8) is 0 Å². The molecule has 0 radical (unpaired) electrons. The summed E-state index contributed by atoms with van der Waals surface area (Å²) < 4.78 is 4.70. The number of nitrogens with zero attached hydrogens (tertiary/aromatic N) is 1. The first kappa shape index (κ1) is 13.5. The van der Waals surface area contributed by atoms with E-state index < -0.39 is 0 Å². The second-order valence-electron chi connectivity index (χ2n) is 3.88. The third kappa shape index (κ3) is 4.43. The Morgan fingerprint density at radius 1 is 1.41 bits per heavy atom. The number of methoxy groups -OCH3 is 1. The number of carbonyl (C=O) groups is 1. The number of carbonyl (C=O) groups excluding carboxylic acids is 1. The summed E-state index contributed by atoms with van der Waals surface area (Å²) in [6, 6.07) is 3.45. The third-order valence-corrected chi connectivity index (χ3v) is 2.54. The summed E-state index contributed by atoms with van der Waals surface area (Å²) in [7, 11) is 1.38. The highest BCUT2D eigenvalue weighted by Crippen LogP contribution is 2.12. The van der Waals surface area contributed by atoms with Crippen LogP contribution in [-0.2, 0) is 4.74 Å². The van der Waals surface area contributed by atoms with Crippen molar-refractivity contribution in [3.05, 3.63) is 23.9 Å². The van der Waals surface area contributed by atoms with Crippen LogP contribution in [0, 0.1) is 0 Å². The molecule has 0 spiro atoms. The molecule has 4 nitrogen and oxygen atoms in total. The van der Waals surface area contributed by atoms with E-state index >= 15 is 0 Å². The van der Waals surface area contributed by atoms with Gasteiger partial charge in [-0.15, -0.1) is 0 Å². The number of unbranched alkanes of at least 4 members (excludes halogenated alkanes) is 3. The van der Waals surface area contributed by atoms with Crippen molar-refractivity contribution in [2.75, 3.05) is 19.0 Å². The minimum atomic E-state index is -0.353. The molecule has 1 rings (SSSR count). The SMILES string of the molecule is CCCCCCNc1ncccc1C(=O)OC. The average molecular weight is 236 g/mol. The number of aromatic nitrogens is 1. The summed E-state index contributed by atoms with van der Waals surface area (Å²) >= 11 is 0. The first-order chi connectivity index (χ1) is 8.29. The second kappa shape index (κ2) is 7.65. The van der Waals surface area contributed by atoms with Gasteiger partial charge in [0.2, 0.25) is 0 Å². The molecule has 0 aromatic carbocycles. The van der Waals surface area contributed by atoms with Crippen LogP contribution >= 0.6 is 0 Å². The summed E-state index contributed by atoms with van der Waals surface area (Å²) in [6.45, 7) is 3.02. The Morgan fingerprint density at radius 3 is 2.94 bits per heavy atom. The van der Waals surface area contributed by atoms with E-state index in [0.29, 0.717) is 11.4 Å². The van der Waals surface area contributed by atoms with Crippen LogP contribution in [-0.4, -0.2) is 24.6 Å². The van der Waals surface area contributed by atoms with E-state index in [0.717, 1.165) is 13.0 Å². The summed E-state index contributed by atoms with van der Waals surface area (Å²) in [5, 5.41) is 3.18. The Bertz CT molecular complexity index is 353. The van der Waals surface area contributed by atoms with E-state index in [2.05, 4.69) is 17.2 Å². The quantitative estimate of drug-likeness (QED) is 0.584. The lowest BCUT2D eigenvalue weighted by atomic mass is 10.2. The highest BCUT2D eigenvalue weighted by molar-refractivity contribution is 5.94. The van der Waals surface area contributed by atoms with Crippen LogP contribution < -0.4 is 5.32 Å². The van der Waals surface area contributed by atoms with Crippen LogP contribution in [0.3, 0.4) is 0 Å². The normalized spacial score (nSPS) is 10.0. The Kier molecular flexibility index (Phi) is 6.07. The molecule has 0 aliphatic heterocycles. The molecule has 0 amide bonds. The molecule has 1 N–H and O–H groups in total. The fourth-order valence-electron chi connectivity index (χ4n) is 1.58. The number of esters is 1. The zero-order chi connectivity index (χ0) is 12.5. The summed E-state index contributed by atoms with van der Waals surface area (Å²) in [5.41, 5.74) is 0.491. The molecule has 17 heavy (non-hydrogen) atoms. The molecule has 0 unspecified atom stereocenters. The summed E-state index contributed by atoms with van der Waals surface area (Å²) in [5.74, 6) is 0.255. The van der Waals surface area contributed by atoms with Gasteiger partial charge in [0.05, 0.1) is 7.11 Å². The summed E-state index contributed by atoms with van der Waals surface area (Å²) in [4.78, 5) is 15.6. The van der Waals surface area contributed by atoms with Crippen molar-refractivity contribution < 1.29 is 9.53 Å². The van der Waals surface area contributed by atoms with Crippen LogP contribution in [0.15, 0.2) is 18.3 Å². The predicted octanol–water partition coefficient (Wildman–Crippen LogP) is 2.86. The van der Waals surface area contributed by atoms with Gasteiger partial charge >= 0.3 is 5.97 Å². The van der Waals surface area contributed by atoms with Gasteiger partial charge in [-0.3, -0.25) is 0 Å². The molecule has 4 heteroatoms. The van der Waals surface area contributed by atoms with E-state index in [1.165, 1.54) is 26.4 Å². The number of anilines is 1. The largest absolute Gasteiger partial charge is 0.465 e. The Balaban J connectivity index is 2.49. The van der Waals surface area contributed by atoms with Crippen molar-refractivity contribution in [2.24, 2.45) is 0 Å². The van der Waals surface area contributed by atoms with Gasteiger partial charge in [-0.25, -0.2) is 9.78 Å². The van der Waals surface area contributed by atoms with Gasteiger partial charge in [0.25, 0.3) is 0 Å². The van der Waals surface area contributed by atoms with Crippen LogP contribution in [0.2, 0.25) is 0 Å². The number of hydrogen-bond donors (Lipinski definition) is 1. The maximum Gasteiger partial charge on any atom is 0.341 e. The van der Waals surface area contributed by atoms with Crippen molar-refractivity contribution in [2.45, 2.75) is 32.6 Å². The molecule has 0 aliphatic rings. The first-order valence-corrected chi connectivity index (χ1v) is 6.06. The highest BCUT2D eigenvalue weighted by atomic mass is 16.5. The lowest BCUT2D eigenvalue weighted by Gasteiger charge is -2.08. The van der Waals surface area contributed by atoms with Crippen LogP contribution in [0.4, 0.5) is 5.82 Å². The minimum absolute atomic E-state index is 0.353. The van der Waals surface area contributed by atoms with Crippen LogP contribution in [0.25, 0.3) is 0 Å². The van der Waals surface area contributed by atoms with Crippen LogP contribution in [0.1, 0.15) is 43.0 Å². The Labute approximate surface area is 102 Å². The molecule has 0 saturated carbocycles. The molecule has 0 fully saturated rings. The zero-order valence-electron chi connectivity index (χ0n) is 10.5. The number of nitrogens with one attached hydrogen (secondary N) is 1. The van der Waals surface area contributed by atoms with Crippen molar-refractivity contribution in [1.82, 2.24) is 4.98 Å². The number of hydrogen-bond acceptors (Lipinski definition) is 4. The van der Waals surface area contributed by atoms with E-state index in [1.54, 1.807) is 18.3 Å². The van der Waals surface area contributed by atoms with Crippen molar-refractivity contribution in [1.29, 1.82) is 0 Å². The molecule has 0 saturated heterocycles. The van der Waals surface area contributed by atoms with E-state index in [1.807, 2.05) is 0 Å². The van der Waals surface area contributed by atoms with Gasteiger partial charge in [-0.1, -0.05) is 26.2 Å². The van der Waals surface area contributed by atoms with Gasteiger partial charge in [0, 0.05) is 12.7 Å². The fourth-order valence-corrected chi connectivity index (χ4v) is 1.58. The van der Waals surface area contributed by atoms with Gasteiger partial charge in [0.15, 0.2) is 0 Å². The molecular weight excluding hydrogens is 216 g/mol. The standard InChI is InChI=1S/C13H20N2O2/c1-3-4-5-6-9-14-12-11(13(16)17-2)8-7-10-15-12/h7-8,10H,3-6,9H2,1-2H3,(H,14,15). The molecule has 1 aromatic rings. The van der Waals surface area contributed by atoms with E-state index in [9.17, 15) is 4.79 Å². The minimum Gasteiger partial charge on any atom is -0.465 e.